The molecule has 1 saturated heterocycles. The van der Waals surface area contributed by atoms with Crippen molar-refractivity contribution in [2.75, 3.05) is 31.6 Å². The highest BCUT2D eigenvalue weighted by atomic mass is 79.9. The number of carbonyl (C=O) groups is 1. The molecule has 0 saturated carbocycles. The summed E-state index contributed by atoms with van der Waals surface area (Å²) in [5.74, 6) is -0.801. The maximum atomic E-state index is 13.4. The predicted molar refractivity (Wildman–Crippen MR) is 114 cm³/mol. The Bertz CT molecular complexity index is 929. The molecular weight excluding hydrogens is 466 g/mol. The smallest absolute Gasteiger partial charge is 0.173 e. The first-order valence-corrected chi connectivity index (χ1v) is 10.1. The average molecular weight is 485 g/mol. The van der Waals surface area contributed by atoms with Gasteiger partial charge in [-0.05, 0) is 71.5 Å². The fourth-order valence-electron chi connectivity index (χ4n) is 2.88. The molecule has 0 amide bonds. The van der Waals surface area contributed by atoms with Crippen molar-refractivity contribution in [3.05, 3.63) is 58.1 Å². The molecule has 9 heteroatoms. The molecule has 1 fully saturated rings. The van der Waals surface area contributed by atoms with E-state index in [1.54, 1.807) is 6.07 Å². The molecule has 5 nitrogen and oxygen atoms in total. The lowest BCUT2D eigenvalue weighted by atomic mass is 10.1. The predicted octanol–water partition coefficient (Wildman–Crippen LogP) is 4.41. The minimum Gasteiger partial charge on any atom is -0.490 e. The van der Waals surface area contributed by atoms with Gasteiger partial charge in [-0.25, -0.2) is 8.78 Å². The van der Waals surface area contributed by atoms with Crippen molar-refractivity contribution in [1.82, 2.24) is 4.90 Å². The molecule has 1 N–H and O–H groups in total. The largest absolute Gasteiger partial charge is 0.490 e. The van der Waals surface area contributed by atoms with E-state index in [0.717, 1.165) is 6.07 Å². The number of nitrogens with zero attached hydrogens (tertiary/aromatic N) is 1. The molecule has 0 aliphatic carbocycles. The number of rotatable bonds is 5. The Hall–Kier alpha value is -2.10. The van der Waals surface area contributed by atoms with Gasteiger partial charge in [0.2, 0.25) is 0 Å². The van der Waals surface area contributed by atoms with E-state index in [9.17, 15) is 13.6 Å². The molecule has 1 aliphatic heterocycles. The number of morpholine rings is 1. The lowest BCUT2D eigenvalue weighted by Gasteiger charge is -2.34. The molecule has 0 bridgehead atoms. The molecule has 1 heterocycles. The summed E-state index contributed by atoms with van der Waals surface area (Å²) in [6, 6.07) is 8.15. The number of hydrogen-bond donors (Lipinski definition) is 1. The van der Waals surface area contributed by atoms with Crippen molar-refractivity contribution in [3.63, 3.8) is 0 Å². The van der Waals surface area contributed by atoms with E-state index < -0.39 is 5.82 Å². The Balaban J connectivity index is 1.59. The van der Waals surface area contributed by atoms with E-state index in [1.165, 1.54) is 31.2 Å². The van der Waals surface area contributed by atoms with Crippen molar-refractivity contribution in [1.29, 1.82) is 0 Å². The van der Waals surface area contributed by atoms with Crippen molar-refractivity contribution in [3.8, 4) is 5.75 Å². The van der Waals surface area contributed by atoms with Crippen LogP contribution in [-0.4, -0.2) is 48.2 Å². The summed E-state index contributed by atoms with van der Waals surface area (Å²) in [7, 11) is 0. The van der Waals surface area contributed by atoms with Crippen LogP contribution in [0.4, 0.5) is 14.5 Å². The van der Waals surface area contributed by atoms with Gasteiger partial charge in [-0.1, -0.05) is 0 Å². The molecule has 1 aliphatic rings. The lowest BCUT2D eigenvalue weighted by molar-refractivity contribution is -0.0281. The highest BCUT2D eigenvalue weighted by Gasteiger charge is 2.24. The summed E-state index contributed by atoms with van der Waals surface area (Å²) in [5, 5.41) is 3.58. The molecule has 2 aromatic rings. The van der Waals surface area contributed by atoms with E-state index in [4.69, 9.17) is 21.7 Å². The third-order valence-electron chi connectivity index (χ3n) is 4.34. The van der Waals surface area contributed by atoms with Crippen LogP contribution in [0.25, 0.3) is 0 Å². The second-order valence-corrected chi connectivity index (χ2v) is 7.74. The quantitative estimate of drug-likeness (QED) is 0.501. The topological polar surface area (TPSA) is 50.8 Å². The summed E-state index contributed by atoms with van der Waals surface area (Å²) in [6.07, 6.45) is -0.287. The summed E-state index contributed by atoms with van der Waals surface area (Å²) in [4.78, 5) is 13.6. The lowest BCUT2D eigenvalue weighted by Crippen LogP contribution is -2.49. The summed E-state index contributed by atoms with van der Waals surface area (Å²) in [5.41, 5.74) is 0.851. The third-order valence-corrected chi connectivity index (χ3v) is 5.36. The van der Waals surface area contributed by atoms with Crippen molar-refractivity contribution < 1.29 is 23.0 Å². The standard InChI is InChI=1S/C20H19BrF2N2O3S/c1-12(26)16-8-13(22)3-5-19(16)28-11-15-10-25(6-7-27-15)20(29)24-18-4-2-14(23)9-17(18)21/h2-5,8-9,15H,6-7,10-11H2,1H3,(H,24,29). The summed E-state index contributed by atoms with van der Waals surface area (Å²) < 4.78 is 38.6. The van der Waals surface area contributed by atoms with E-state index in [-0.39, 0.29) is 29.9 Å². The number of nitrogens with one attached hydrogen (secondary N) is 1. The Kier molecular flexibility index (Phi) is 7.15. The summed E-state index contributed by atoms with van der Waals surface area (Å²) >= 11 is 8.77. The number of Topliss-reactive ketones (excluding diaryl/α,β-unsaturated/α-hetero) is 1. The third kappa shape index (κ3) is 5.71. The number of anilines is 1. The van der Waals surface area contributed by atoms with Crippen LogP contribution in [0.5, 0.6) is 5.75 Å². The van der Waals surface area contributed by atoms with Gasteiger partial charge in [-0.2, -0.15) is 0 Å². The van der Waals surface area contributed by atoms with Crippen LogP contribution in [0.15, 0.2) is 40.9 Å². The molecule has 2 aromatic carbocycles. The second-order valence-electron chi connectivity index (χ2n) is 6.50. The first kappa shape index (κ1) is 21.6. The highest BCUT2D eigenvalue weighted by Crippen LogP contribution is 2.24. The number of ether oxygens (including phenoxy) is 2. The van der Waals surface area contributed by atoms with Gasteiger partial charge >= 0.3 is 0 Å². The monoisotopic (exact) mass is 484 g/mol. The zero-order valence-corrected chi connectivity index (χ0v) is 18.0. The van der Waals surface area contributed by atoms with E-state index in [0.29, 0.717) is 40.7 Å². The maximum absolute atomic E-state index is 13.4. The number of thiocarbonyl (C=S) groups is 1. The van der Waals surface area contributed by atoms with Gasteiger partial charge in [0.15, 0.2) is 10.9 Å². The Morgan fingerprint density at radius 1 is 1.31 bits per heavy atom. The van der Waals surface area contributed by atoms with Gasteiger partial charge in [-0.15, -0.1) is 0 Å². The van der Waals surface area contributed by atoms with Crippen LogP contribution in [0.2, 0.25) is 0 Å². The summed E-state index contributed by atoms with van der Waals surface area (Å²) in [6.45, 7) is 3.06. The zero-order chi connectivity index (χ0) is 21.0. The van der Waals surface area contributed by atoms with Gasteiger partial charge in [0.25, 0.3) is 0 Å². The van der Waals surface area contributed by atoms with Crippen molar-refractivity contribution >= 4 is 44.7 Å². The van der Waals surface area contributed by atoms with Gasteiger partial charge < -0.3 is 19.7 Å². The SMILES string of the molecule is CC(=O)c1cc(F)ccc1OCC1CN(C(=S)Nc2ccc(F)cc2Br)CCO1. The molecule has 0 spiro atoms. The minimum absolute atomic E-state index is 0.186. The molecule has 0 radical (unpaired) electrons. The normalized spacial score (nSPS) is 16.4. The number of halogens is 3. The number of carbonyl (C=O) groups excluding carboxylic acids is 1. The molecule has 0 aromatic heterocycles. The molecule has 29 heavy (non-hydrogen) atoms. The highest BCUT2D eigenvalue weighted by molar-refractivity contribution is 9.10. The van der Waals surface area contributed by atoms with Gasteiger partial charge in [0.1, 0.15) is 30.1 Å². The molecule has 1 atom stereocenters. The van der Waals surface area contributed by atoms with Crippen LogP contribution in [-0.2, 0) is 4.74 Å². The van der Waals surface area contributed by atoms with Crippen LogP contribution >= 0.6 is 28.1 Å². The first-order valence-electron chi connectivity index (χ1n) is 8.89. The van der Waals surface area contributed by atoms with Crippen LogP contribution < -0.4 is 10.1 Å². The molecule has 1 unspecified atom stereocenters. The number of benzene rings is 2. The van der Waals surface area contributed by atoms with Crippen LogP contribution in [0.3, 0.4) is 0 Å². The van der Waals surface area contributed by atoms with Crippen molar-refractivity contribution in [2.45, 2.75) is 13.0 Å². The number of ketones is 1. The fourth-order valence-corrected chi connectivity index (χ4v) is 3.60. The van der Waals surface area contributed by atoms with Gasteiger partial charge in [0.05, 0.1) is 17.9 Å². The van der Waals surface area contributed by atoms with Crippen molar-refractivity contribution in [2.24, 2.45) is 0 Å². The van der Waals surface area contributed by atoms with E-state index >= 15 is 0 Å². The molecule has 3 rings (SSSR count). The molecular formula is C20H19BrF2N2O3S. The minimum atomic E-state index is -0.494. The second kappa shape index (κ2) is 9.60. The Morgan fingerprint density at radius 2 is 2.03 bits per heavy atom. The Morgan fingerprint density at radius 3 is 2.76 bits per heavy atom. The molecule has 154 valence electrons. The van der Waals surface area contributed by atoms with Gasteiger partial charge in [-0.3, -0.25) is 4.79 Å². The fraction of sp³-hybridized carbons (Fsp3) is 0.300. The van der Waals surface area contributed by atoms with Crippen LogP contribution in [0.1, 0.15) is 17.3 Å². The Labute approximate surface area is 181 Å². The first-order chi connectivity index (χ1) is 13.8. The number of hydrogen-bond acceptors (Lipinski definition) is 4. The average Bonchev–Trinajstić information content (AvgIpc) is 2.69. The van der Waals surface area contributed by atoms with Gasteiger partial charge in [0, 0.05) is 17.6 Å². The van der Waals surface area contributed by atoms with E-state index in [1.807, 2.05) is 4.90 Å². The maximum Gasteiger partial charge on any atom is 0.173 e. The zero-order valence-electron chi connectivity index (χ0n) is 15.6. The van der Waals surface area contributed by atoms with Crippen LogP contribution in [0, 0.1) is 11.6 Å². The van der Waals surface area contributed by atoms with E-state index in [2.05, 4.69) is 21.2 Å².